The quantitative estimate of drug-likeness (QED) is 0.494. The standard InChI is InChI=1S/C28H32N6O6/c1-28(2)13-18-16-39-19(15-34(18)27(36)40-28)8-12-38-21-7-6-20-22(23(21)37-3)31-26(33-11-10-30-24(20)33)32-25(35)17-5-4-9-29-14-17/h4-7,9,14,18-19,30H,8,10-13,15-16H2,1-3H3. The van der Waals surface area contributed by atoms with Crippen LogP contribution in [0.2, 0.25) is 0 Å². The van der Waals surface area contributed by atoms with Gasteiger partial charge in [0.05, 0.1) is 44.6 Å². The number of carbonyl (C=O) groups is 2. The number of nitrogens with zero attached hydrogens (tertiary/aromatic N) is 5. The van der Waals surface area contributed by atoms with Gasteiger partial charge in [-0.2, -0.15) is 4.99 Å². The molecule has 0 radical (unpaired) electrons. The minimum Gasteiger partial charge on any atom is -0.491 e. The molecule has 2 fully saturated rings. The van der Waals surface area contributed by atoms with Crippen LogP contribution in [0.25, 0.3) is 10.9 Å². The second kappa shape index (κ2) is 10.4. The van der Waals surface area contributed by atoms with Crippen molar-refractivity contribution in [2.45, 2.75) is 51.0 Å². The maximum absolute atomic E-state index is 12.8. The molecular weight excluding hydrogens is 516 g/mol. The highest BCUT2D eigenvalue weighted by molar-refractivity contribution is 5.96. The Bertz CT molecular complexity index is 1520. The predicted octanol–water partition coefficient (Wildman–Crippen LogP) is 2.76. The van der Waals surface area contributed by atoms with Crippen molar-refractivity contribution in [2.24, 2.45) is 4.99 Å². The molecule has 5 heterocycles. The van der Waals surface area contributed by atoms with Gasteiger partial charge in [0, 0.05) is 43.7 Å². The van der Waals surface area contributed by atoms with E-state index >= 15 is 0 Å². The molecule has 210 valence electrons. The van der Waals surface area contributed by atoms with Crippen LogP contribution < -0.4 is 20.4 Å². The Balaban J connectivity index is 1.22. The van der Waals surface area contributed by atoms with E-state index in [1.54, 1.807) is 30.3 Å². The average molecular weight is 549 g/mol. The number of aromatic nitrogens is 3. The van der Waals surface area contributed by atoms with Crippen LogP contribution in [-0.2, 0) is 16.0 Å². The lowest BCUT2D eigenvalue weighted by molar-refractivity contribution is -0.120. The smallest absolute Gasteiger partial charge is 0.410 e. The number of fused-ring (bicyclic) bond motifs is 4. The molecule has 3 aliphatic heterocycles. The Morgan fingerprint density at radius 1 is 1.30 bits per heavy atom. The van der Waals surface area contributed by atoms with Gasteiger partial charge in [0.2, 0.25) is 5.62 Å². The number of cyclic esters (lactones) is 1. The third-order valence-electron chi connectivity index (χ3n) is 7.40. The number of benzene rings is 1. The molecule has 0 bridgehead atoms. The van der Waals surface area contributed by atoms with Crippen molar-refractivity contribution in [3.05, 3.63) is 47.8 Å². The number of anilines is 1. The van der Waals surface area contributed by atoms with Gasteiger partial charge in [-0.05, 0) is 38.1 Å². The first-order chi connectivity index (χ1) is 19.3. The Morgan fingerprint density at radius 2 is 2.17 bits per heavy atom. The fourth-order valence-electron chi connectivity index (χ4n) is 5.52. The number of hydrogen-bond donors (Lipinski definition) is 1. The van der Waals surface area contributed by atoms with Gasteiger partial charge >= 0.3 is 6.09 Å². The molecular formula is C28H32N6O6. The molecule has 12 heteroatoms. The first-order valence-corrected chi connectivity index (χ1v) is 13.4. The van der Waals surface area contributed by atoms with Gasteiger partial charge < -0.3 is 29.2 Å². The van der Waals surface area contributed by atoms with Crippen LogP contribution in [0.4, 0.5) is 10.6 Å². The number of pyridine rings is 1. The molecule has 0 saturated carbocycles. The highest BCUT2D eigenvalue weighted by atomic mass is 16.6. The van der Waals surface area contributed by atoms with E-state index in [1.807, 2.05) is 30.5 Å². The largest absolute Gasteiger partial charge is 0.491 e. The zero-order chi connectivity index (χ0) is 27.9. The van der Waals surface area contributed by atoms with Crippen LogP contribution in [0.1, 0.15) is 37.0 Å². The van der Waals surface area contributed by atoms with E-state index in [1.165, 1.54) is 6.20 Å². The maximum atomic E-state index is 12.8. The fraction of sp³-hybridized carbons (Fsp3) is 0.464. The first-order valence-electron chi connectivity index (χ1n) is 13.4. The van der Waals surface area contributed by atoms with Crippen molar-refractivity contribution < 1.29 is 28.5 Å². The first kappa shape index (κ1) is 26.1. The zero-order valence-corrected chi connectivity index (χ0v) is 22.8. The summed E-state index contributed by atoms with van der Waals surface area (Å²) in [7, 11) is 1.56. The molecule has 3 aliphatic rings. The summed E-state index contributed by atoms with van der Waals surface area (Å²) in [5.74, 6) is 1.35. The molecule has 2 atom stereocenters. The van der Waals surface area contributed by atoms with E-state index in [0.717, 1.165) is 17.6 Å². The molecule has 40 heavy (non-hydrogen) atoms. The summed E-state index contributed by atoms with van der Waals surface area (Å²) in [5, 5.41) is 4.20. The Hall–Kier alpha value is -4.19. The summed E-state index contributed by atoms with van der Waals surface area (Å²) < 4.78 is 25.4. The molecule has 2 amide bonds. The van der Waals surface area contributed by atoms with Gasteiger partial charge in [-0.25, -0.2) is 9.78 Å². The van der Waals surface area contributed by atoms with E-state index in [0.29, 0.717) is 61.8 Å². The molecule has 2 saturated heterocycles. The second-order valence-corrected chi connectivity index (χ2v) is 10.7. The molecule has 1 aromatic carbocycles. The van der Waals surface area contributed by atoms with E-state index in [4.69, 9.17) is 23.9 Å². The van der Waals surface area contributed by atoms with Gasteiger partial charge in [0.25, 0.3) is 5.91 Å². The lowest BCUT2D eigenvalue weighted by Gasteiger charge is -2.46. The number of amides is 2. The fourth-order valence-corrected chi connectivity index (χ4v) is 5.52. The predicted molar refractivity (Wildman–Crippen MR) is 144 cm³/mol. The number of nitrogens with one attached hydrogen (secondary N) is 1. The van der Waals surface area contributed by atoms with E-state index in [-0.39, 0.29) is 23.9 Å². The van der Waals surface area contributed by atoms with Gasteiger partial charge in [-0.1, -0.05) is 0 Å². The average Bonchev–Trinajstić information content (AvgIpc) is 3.44. The molecule has 2 aromatic heterocycles. The number of rotatable bonds is 6. The van der Waals surface area contributed by atoms with Crippen LogP contribution in [0.3, 0.4) is 0 Å². The van der Waals surface area contributed by atoms with Crippen LogP contribution in [-0.4, -0.2) is 82.6 Å². The maximum Gasteiger partial charge on any atom is 0.410 e. The van der Waals surface area contributed by atoms with Crippen molar-refractivity contribution in [1.29, 1.82) is 0 Å². The summed E-state index contributed by atoms with van der Waals surface area (Å²) in [4.78, 5) is 40.1. The van der Waals surface area contributed by atoms with Crippen LogP contribution in [0.15, 0.2) is 41.7 Å². The van der Waals surface area contributed by atoms with E-state index < -0.39 is 11.5 Å². The van der Waals surface area contributed by atoms with Crippen molar-refractivity contribution in [3.63, 3.8) is 0 Å². The molecule has 1 N–H and O–H groups in total. The Morgan fingerprint density at radius 3 is 2.98 bits per heavy atom. The molecule has 0 aliphatic carbocycles. The normalized spacial score (nSPS) is 21.8. The van der Waals surface area contributed by atoms with Gasteiger partial charge in [-0.3, -0.25) is 14.3 Å². The van der Waals surface area contributed by atoms with Crippen molar-refractivity contribution >= 4 is 28.7 Å². The minimum atomic E-state index is -0.481. The summed E-state index contributed by atoms with van der Waals surface area (Å²) in [5.41, 5.74) is 0.713. The number of ether oxygens (including phenoxy) is 4. The van der Waals surface area contributed by atoms with Crippen LogP contribution >= 0.6 is 0 Å². The van der Waals surface area contributed by atoms with Gasteiger partial charge in [0.15, 0.2) is 11.5 Å². The molecule has 12 nitrogen and oxygen atoms in total. The van der Waals surface area contributed by atoms with E-state index in [2.05, 4.69) is 15.3 Å². The third kappa shape index (κ3) is 4.94. The van der Waals surface area contributed by atoms with Crippen molar-refractivity contribution in [3.8, 4) is 11.5 Å². The van der Waals surface area contributed by atoms with E-state index in [9.17, 15) is 9.59 Å². The summed E-state index contributed by atoms with van der Waals surface area (Å²) in [6, 6.07) is 7.16. The summed E-state index contributed by atoms with van der Waals surface area (Å²) >= 11 is 0. The molecule has 2 unspecified atom stereocenters. The molecule has 6 rings (SSSR count). The SMILES string of the molecule is COc1c(OCCC2CN3C(=O)OC(C)(C)CC3CO2)ccc2c3n(c(=NC(=O)c4cccnc4)nc12)CCN3. The monoisotopic (exact) mass is 548 g/mol. The number of hydrogen-bond acceptors (Lipinski definition) is 9. The second-order valence-electron chi connectivity index (χ2n) is 10.7. The highest BCUT2D eigenvalue weighted by Crippen LogP contribution is 2.37. The molecule has 3 aromatic rings. The number of morpholine rings is 1. The van der Waals surface area contributed by atoms with Gasteiger partial charge in [-0.15, -0.1) is 0 Å². The summed E-state index contributed by atoms with van der Waals surface area (Å²) in [6.45, 7) is 6.45. The van der Waals surface area contributed by atoms with Crippen molar-refractivity contribution in [1.82, 2.24) is 19.4 Å². The Kier molecular flexibility index (Phi) is 6.78. The zero-order valence-electron chi connectivity index (χ0n) is 22.8. The third-order valence-corrected chi connectivity index (χ3v) is 7.40. The van der Waals surface area contributed by atoms with Crippen LogP contribution in [0.5, 0.6) is 11.5 Å². The summed E-state index contributed by atoms with van der Waals surface area (Å²) in [6.07, 6.45) is 3.95. The minimum absolute atomic E-state index is 0.0259. The van der Waals surface area contributed by atoms with Gasteiger partial charge in [0.1, 0.15) is 16.9 Å². The lowest BCUT2D eigenvalue weighted by Crippen LogP contribution is -2.59. The highest BCUT2D eigenvalue weighted by Gasteiger charge is 2.43. The number of methoxy groups -OCH3 is 1. The Labute approximate surface area is 230 Å². The number of carbonyl (C=O) groups excluding carboxylic acids is 2. The van der Waals surface area contributed by atoms with Crippen molar-refractivity contribution in [2.75, 3.05) is 38.7 Å². The topological polar surface area (TPSA) is 129 Å². The lowest BCUT2D eigenvalue weighted by atomic mass is 9.95. The van der Waals surface area contributed by atoms with Crippen LogP contribution in [0, 0.1) is 0 Å². The molecule has 0 spiro atoms.